The quantitative estimate of drug-likeness (QED) is 0.672. The average Bonchev–Trinajstić information content (AvgIpc) is 3.29. The third-order valence-electron chi connectivity index (χ3n) is 6.34. The van der Waals surface area contributed by atoms with Gasteiger partial charge >= 0.3 is 12.2 Å². The molecule has 1 aromatic carbocycles. The van der Waals surface area contributed by atoms with Crippen LogP contribution in [-0.2, 0) is 12.7 Å². The summed E-state index contributed by atoms with van der Waals surface area (Å²) in [6.45, 7) is 4.74. The maximum atomic E-state index is 13.4. The number of nitrogens with zero attached hydrogens (tertiary/aromatic N) is 4. The first-order valence-electron chi connectivity index (χ1n) is 10.1. The van der Waals surface area contributed by atoms with E-state index in [0.717, 1.165) is 44.1 Å². The Bertz CT molecular complexity index is 935. The number of piperidine rings is 1. The van der Waals surface area contributed by atoms with Crippen LogP contribution in [-0.4, -0.2) is 51.8 Å². The Morgan fingerprint density at radius 2 is 1.87 bits per heavy atom. The predicted molar refractivity (Wildman–Crippen MR) is 107 cm³/mol. The number of carbonyl (C=O) groups is 1. The fraction of sp³-hybridized carbons (Fsp3) is 0.524. The van der Waals surface area contributed by atoms with Gasteiger partial charge in [0.05, 0.1) is 11.3 Å². The van der Waals surface area contributed by atoms with Crippen molar-refractivity contribution in [1.29, 1.82) is 0 Å². The summed E-state index contributed by atoms with van der Waals surface area (Å²) in [5.41, 5.74) is 0.313. The first-order chi connectivity index (χ1) is 14.2. The molecule has 4 rings (SSSR count). The van der Waals surface area contributed by atoms with Gasteiger partial charge in [0.25, 0.3) is 0 Å². The molecule has 2 saturated heterocycles. The summed E-state index contributed by atoms with van der Waals surface area (Å²) in [5.74, 6) is 0. The van der Waals surface area contributed by atoms with E-state index in [4.69, 9.17) is 11.6 Å². The van der Waals surface area contributed by atoms with Crippen molar-refractivity contribution in [3.8, 4) is 0 Å². The second-order valence-corrected chi connectivity index (χ2v) is 8.80. The minimum Gasteiger partial charge on any atom is -0.323 e. The standard InChI is InChI=1S/C21H24ClF3N4O/c1-15-5-9-29(26-15)19(30)28-11-7-20(8-12-28)6-10-27(14-20)13-16-17(21(23,24)25)3-2-4-18(16)22/h2-5,9H,6-8,10-14H2,1H3. The minimum atomic E-state index is -4.42. The molecule has 5 nitrogen and oxygen atoms in total. The molecular weight excluding hydrogens is 417 g/mol. The van der Waals surface area contributed by atoms with Gasteiger partial charge in [-0.2, -0.15) is 23.0 Å². The molecule has 2 aromatic rings. The molecule has 1 aromatic heterocycles. The molecule has 3 heterocycles. The first-order valence-corrected chi connectivity index (χ1v) is 10.4. The van der Waals surface area contributed by atoms with E-state index < -0.39 is 11.7 Å². The van der Waals surface area contributed by atoms with Crippen LogP contribution in [0, 0.1) is 12.3 Å². The van der Waals surface area contributed by atoms with Gasteiger partial charge in [-0.15, -0.1) is 0 Å². The second kappa shape index (κ2) is 7.89. The van der Waals surface area contributed by atoms with Gasteiger partial charge in [0.1, 0.15) is 0 Å². The normalized spacial score (nSPS) is 19.6. The highest BCUT2D eigenvalue weighted by molar-refractivity contribution is 6.31. The van der Waals surface area contributed by atoms with Crippen molar-refractivity contribution >= 4 is 17.6 Å². The molecule has 30 heavy (non-hydrogen) atoms. The fourth-order valence-corrected chi connectivity index (χ4v) is 4.85. The van der Waals surface area contributed by atoms with Crippen molar-refractivity contribution in [1.82, 2.24) is 19.6 Å². The number of likely N-dealkylation sites (tertiary alicyclic amines) is 2. The Morgan fingerprint density at radius 3 is 2.50 bits per heavy atom. The van der Waals surface area contributed by atoms with E-state index in [-0.39, 0.29) is 28.6 Å². The lowest BCUT2D eigenvalue weighted by Gasteiger charge is -2.39. The van der Waals surface area contributed by atoms with E-state index in [9.17, 15) is 18.0 Å². The van der Waals surface area contributed by atoms with E-state index in [1.54, 1.807) is 17.2 Å². The lowest BCUT2D eigenvalue weighted by Crippen LogP contribution is -2.45. The summed E-state index contributed by atoms with van der Waals surface area (Å²) in [6.07, 6.45) is -0.161. The molecule has 0 unspecified atom stereocenters. The Hall–Kier alpha value is -2.06. The van der Waals surface area contributed by atoms with E-state index >= 15 is 0 Å². The molecule has 162 valence electrons. The number of aromatic nitrogens is 2. The molecular formula is C21H24ClF3N4O. The van der Waals surface area contributed by atoms with E-state index in [1.165, 1.54) is 16.8 Å². The van der Waals surface area contributed by atoms with Gasteiger partial charge < -0.3 is 4.90 Å². The van der Waals surface area contributed by atoms with E-state index in [2.05, 4.69) is 10.00 Å². The number of rotatable bonds is 2. The van der Waals surface area contributed by atoms with Gasteiger partial charge in [0.2, 0.25) is 0 Å². The summed E-state index contributed by atoms with van der Waals surface area (Å²) in [4.78, 5) is 16.4. The summed E-state index contributed by atoms with van der Waals surface area (Å²) in [5, 5.41) is 4.34. The van der Waals surface area contributed by atoms with Crippen LogP contribution in [0.2, 0.25) is 5.02 Å². The number of hydrogen-bond acceptors (Lipinski definition) is 3. The summed E-state index contributed by atoms with van der Waals surface area (Å²) in [6, 6.07) is 5.61. The summed E-state index contributed by atoms with van der Waals surface area (Å²) >= 11 is 6.13. The molecule has 1 amide bonds. The van der Waals surface area contributed by atoms with Crippen LogP contribution in [0.5, 0.6) is 0 Å². The van der Waals surface area contributed by atoms with Gasteiger partial charge in [-0.3, -0.25) is 4.90 Å². The number of benzene rings is 1. The summed E-state index contributed by atoms with van der Waals surface area (Å²) < 4.78 is 41.5. The zero-order valence-electron chi connectivity index (χ0n) is 16.8. The average molecular weight is 441 g/mol. The van der Waals surface area contributed by atoms with Crippen molar-refractivity contribution in [2.45, 2.75) is 38.9 Å². The van der Waals surface area contributed by atoms with Gasteiger partial charge in [-0.1, -0.05) is 17.7 Å². The monoisotopic (exact) mass is 440 g/mol. The first kappa shape index (κ1) is 21.2. The Kier molecular flexibility index (Phi) is 5.57. The molecule has 1 spiro atoms. The molecule has 0 aliphatic carbocycles. The van der Waals surface area contributed by atoms with Crippen LogP contribution in [0.4, 0.5) is 18.0 Å². The lowest BCUT2D eigenvalue weighted by molar-refractivity contribution is -0.138. The maximum absolute atomic E-state index is 13.4. The van der Waals surface area contributed by atoms with E-state index in [1.807, 2.05) is 6.92 Å². The molecule has 0 atom stereocenters. The molecule has 2 aliphatic heterocycles. The number of alkyl halides is 3. The zero-order chi connectivity index (χ0) is 21.5. The second-order valence-electron chi connectivity index (χ2n) is 8.40. The van der Waals surface area contributed by atoms with Crippen molar-refractivity contribution in [2.75, 3.05) is 26.2 Å². The van der Waals surface area contributed by atoms with Gasteiger partial charge in [-0.25, -0.2) is 4.79 Å². The molecule has 0 saturated carbocycles. The zero-order valence-corrected chi connectivity index (χ0v) is 17.5. The SMILES string of the molecule is Cc1ccn(C(=O)N2CCC3(CCN(Cc4c(Cl)cccc4C(F)(F)F)C3)CC2)n1. The third-order valence-corrected chi connectivity index (χ3v) is 6.69. The number of amides is 1. The number of hydrogen-bond donors (Lipinski definition) is 0. The highest BCUT2D eigenvalue weighted by atomic mass is 35.5. The minimum absolute atomic E-state index is 0.0382. The molecule has 0 N–H and O–H groups in total. The number of halogens is 4. The van der Waals surface area contributed by atoms with Crippen molar-refractivity contribution in [3.05, 3.63) is 52.3 Å². The van der Waals surface area contributed by atoms with Crippen molar-refractivity contribution in [3.63, 3.8) is 0 Å². The van der Waals surface area contributed by atoms with Crippen LogP contribution in [0.15, 0.2) is 30.5 Å². The van der Waals surface area contributed by atoms with Crippen LogP contribution in [0.1, 0.15) is 36.1 Å². The maximum Gasteiger partial charge on any atom is 0.416 e. The lowest BCUT2D eigenvalue weighted by atomic mass is 9.78. The van der Waals surface area contributed by atoms with Crippen molar-refractivity contribution < 1.29 is 18.0 Å². The molecule has 2 aliphatic rings. The Balaban J connectivity index is 1.40. The highest BCUT2D eigenvalue weighted by Gasteiger charge is 2.42. The molecule has 2 fully saturated rings. The van der Waals surface area contributed by atoms with Crippen LogP contribution < -0.4 is 0 Å². The van der Waals surface area contributed by atoms with Crippen LogP contribution in [0.3, 0.4) is 0 Å². The van der Waals surface area contributed by atoms with Gasteiger partial charge in [0, 0.05) is 37.4 Å². The van der Waals surface area contributed by atoms with E-state index in [0.29, 0.717) is 13.1 Å². The largest absolute Gasteiger partial charge is 0.416 e. The fourth-order valence-electron chi connectivity index (χ4n) is 4.62. The Labute approximate surface area is 178 Å². The smallest absolute Gasteiger partial charge is 0.323 e. The molecule has 0 radical (unpaired) electrons. The molecule has 0 bridgehead atoms. The van der Waals surface area contributed by atoms with Gasteiger partial charge in [-0.05, 0) is 61.9 Å². The Morgan fingerprint density at radius 1 is 1.17 bits per heavy atom. The highest BCUT2D eigenvalue weighted by Crippen LogP contribution is 2.42. The van der Waals surface area contributed by atoms with Crippen LogP contribution in [0.25, 0.3) is 0 Å². The molecule has 9 heteroatoms. The van der Waals surface area contributed by atoms with Crippen molar-refractivity contribution in [2.24, 2.45) is 5.41 Å². The predicted octanol–water partition coefficient (Wildman–Crippen LogP) is 4.82. The topological polar surface area (TPSA) is 41.4 Å². The van der Waals surface area contributed by atoms with Crippen LogP contribution >= 0.6 is 11.6 Å². The third kappa shape index (κ3) is 4.21. The number of aryl methyl sites for hydroxylation is 1. The van der Waals surface area contributed by atoms with Gasteiger partial charge in [0.15, 0.2) is 0 Å². The number of carbonyl (C=O) groups excluding carboxylic acids is 1. The summed E-state index contributed by atoms with van der Waals surface area (Å²) in [7, 11) is 0.